The third-order valence-corrected chi connectivity index (χ3v) is 6.55. The number of hydrogen-bond donors (Lipinski definition) is 0. The molecule has 1 fully saturated rings. The maximum Gasteiger partial charge on any atom is 0.260 e. The number of anilines is 1. The van der Waals surface area contributed by atoms with Crippen molar-refractivity contribution in [2.24, 2.45) is 0 Å². The summed E-state index contributed by atoms with van der Waals surface area (Å²) in [6.45, 7) is 4.59. The van der Waals surface area contributed by atoms with E-state index in [-0.39, 0.29) is 24.1 Å². The molecular formula is C23H23ClFN5O2S. The molecule has 172 valence electrons. The summed E-state index contributed by atoms with van der Waals surface area (Å²) in [6.07, 6.45) is 4.00. The number of rotatable bonds is 6. The molecular weight excluding hydrogens is 465 g/mol. The van der Waals surface area contributed by atoms with Gasteiger partial charge in [-0.1, -0.05) is 17.4 Å². The van der Waals surface area contributed by atoms with E-state index in [2.05, 4.69) is 19.9 Å². The number of halogens is 2. The van der Waals surface area contributed by atoms with Crippen LogP contribution in [0.3, 0.4) is 0 Å². The fraction of sp³-hybridized carbons (Fsp3) is 0.304. The van der Waals surface area contributed by atoms with E-state index in [9.17, 15) is 9.18 Å². The van der Waals surface area contributed by atoms with E-state index in [1.54, 1.807) is 41.6 Å². The largest absolute Gasteiger partial charge is 0.379 e. The average molecular weight is 488 g/mol. The summed E-state index contributed by atoms with van der Waals surface area (Å²) in [5.41, 5.74) is 2.18. The molecule has 0 unspecified atom stereocenters. The van der Waals surface area contributed by atoms with Gasteiger partial charge < -0.3 is 4.74 Å². The number of fused-ring (bicyclic) bond motifs is 2. The van der Waals surface area contributed by atoms with Crippen LogP contribution in [0.1, 0.15) is 16.8 Å². The van der Waals surface area contributed by atoms with Crippen LogP contribution in [0.5, 0.6) is 0 Å². The number of para-hydroxylation sites is 1. The van der Waals surface area contributed by atoms with Gasteiger partial charge in [0, 0.05) is 44.1 Å². The molecule has 2 aromatic carbocycles. The van der Waals surface area contributed by atoms with E-state index in [1.165, 1.54) is 17.4 Å². The lowest BCUT2D eigenvalue weighted by molar-refractivity contribution is 0.0376. The molecule has 4 aromatic rings. The Morgan fingerprint density at radius 3 is 2.70 bits per heavy atom. The molecule has 10 heteroatoms. The van der Waals surface area contributed by atoms with Crippen LogP contribution in [0.2, 0.25) is 0 Å². The van der Waals surface area contributed by atoms with Gasteiger partial charge >= 0.3 is 0 Å². The number of thiazole rings is 1. The number of ether oxygens (including phenoxy) is 1. The summed E-state index contributed by atoms with van der Waals surface area (Å²) < 4.78 is 20.4. The van der Waals surface area contributed by atoms with E-state index in [1.807, 2.05) is 6.07 Å². The first-order chi connectivity index (χ1) is 15.7. The predicted molar refractivity (Wildman–Crippen MR) is 130 cm³/mol. The summed E-state index contributed by atoms with van der Waals surface area (Å²) in [4.78, 5) is 30.6. The molecule has 3 heterocycles. The average Bonchev–Trinajstić information content (AvgIpc) is 3.27. The summed E-state index contributed by atoms with van der Waals surface area (Å²) in [6, 6.07) is 10.2. The Morgan fingerprint density at radius 2 is 1.91 bits per heavy atom. The highest BCUT2D eigenvalue weighted by Gasteiger charge is 2.23. The number of aromatic nitrogens is 3. The maximum atomic E-state index is 14.3. The van der Waals surface area contributed by atoms with E-state index in [0.717, 1.165) is 49.5 Å². The zero-order chi connectivity index (χ0) is 21.9. The van der Waals surface area contributed by atoms with Crippen molar-refractivity contribution in [3.05, 3.63) is 60.2 Å². The van der Waals surface area contributed by atoms with Gasteiger partial charge in [-0.25, -0.2) is 9.37 Å². The molecule has 2 aromatic heterocycles. The molecule has 33 heavy (non-hydrogen) atoms. The first-order valence-electron chi connectivity index (χ1n) is 10.6. The topological polar surface area (TPSA) is 71.5 Å². The normalized spacial score (nSPS) is 14.3. The van der Waals surface area contributed by atoms with Gasteiger partial charge in [-0.3, -0.25) is 24.6 Å². The van der Waals surface area contributed by atoms with Gasteiger partial charge in [0.15, 0.2) is 5.13 Å². The molecule has 0 aliphatic carbocycles. The molecule has 5 rings (SSSR count). The van der Waals surface area contributed by atoms with E-state index in [0.29, 0.717) is 28.3 Å². The molecule has 7 nitrogen and oxygen atoms in total. The number of benzene rings is 2. The Kier molecular flexibility index (Phi) is 7.44. The molecule has 0 bridgehead atoms. The van der Waals surface area contributed by atoms with Gasteiger partial charge in [-0.2, -0.15) is 0 Å². The van der Waals surface area contributed by atoms with Crippen molar-refractivity contribution in [3.8, 4) is 0 Å². The van der Waals surface area contributed by atoms with Gasteiger partial charge in [0.05, 0.1) is 28.9 Å². The zero-order valence-corrected chi connectivity index (χ0v) is 19.4. The summed E-state index contributed by atoms with van der Waals surface area (Å²) in [5, 5.41) is 0.497. The molecule has 1 aliphatic rings. The SMILES string of the molecule is Cl.O=C(c1ccc2nccnc2c1)N(CCCN1CCOCC1)c1nc2c(F)cccc2s1. The second-order valence-electron chi connectivity index (χ2n) is 7.61. The first-order valence-corrected chi connectivity index (χ1v) is 11.4. The van der Waals surface area contributed by atoms with Gasteiger partial charge in [-0.15, -0.1) is 12.4 Å². The van der Waals surface area contributed by atoms with Crippen LogP contribution in [-0.4, -0.2) is 65.2 Å². The van der Waals surface area contributed by atoms with Crippen LogP contribution in [-0.2, 0) is 4.74 Å². The van der Waals surface area contributed by atoms with Gasteiger partial charge in [-0.05, 0) is 36.8 Å². The minimum absolute atomic E-state index is 0. The lowest BCUT2D eigenvalue weighted by atomic mass is 10.1. The van der Waals surface area contributed by atoms with Crippen molar-refractivity contribution in [1.29, 1.82) is 0 Å². The van der Waals surface area contributed by atoms with Crippen molar-refractivity contribution < 1.29 is 13.9 Å². The third-order valence-electron chi connectivity index (χ3n) is 5.51. The highest BCUT2D eigenvalue weighted by Crippen LogP contribution is 2.31. The Bertz CT molecular complexity index is 1260. The van der Waals surface area contributed by atoms with Crippen LogP contribution in [0.15, 0.2) is 48.8 Å². The summed E-state index contributed by atoms with van der Waals surface area (Å²) in [5.74, 6) is -0.564. The molecule has 1 saturated heterocycles. The van der Waals surface area contributed by atoms with E-state index in [4.69, 9.17) is 4.74 Å². The van der Waals surface area contributed by atoms with Crippen molar-refractivity contribution >= 4 is 56.0 Å². The van der Waals surface area contributed by atoms with Gasteiger partial charge in [0.25, 0.3) is 5.91 Å². The smallest absolute Gasteiger partial charge is 0.260 e. The Morgan fingerprint density at radius 1 is 1.12 bits per heavy atom. The number of morpholine rings is 1. The standard InChI is InChI=1S/C23H22FN5O2S.ClH/c24-17-3-1-4-20-21(17)27-23(32-20)29(10-2-9-28-11-13-31-14-12-28)22(30)16-5-6-18-19(15-16)26-8-7-25-18;/h1,3-8,15H,2,9-14H2;1H. The van der Waals surface area contributed by atoms with Crippen molar-refractivity contribution in [2.75, 3.05) is 44.3 Å². The summed E-state index contributed by atoms with van der Waals surface area (Å²) >= 11 is 1.32. The molecule has 0 atom stereocenters. The van der Waals surface area contributed by atoms with Crippen LogP contribution in [0, 0.1) is 5.82 Å². The number of carbonyl (C=O) groups excluding carboxylic acids is 1. The van der Waals surface area contributed by atoms with Crippen molar-refractivity contribution in [2.45, 2.75) is 6.42 Å². The molecule has 1 amide bonds. The molecule has 0 N–H and O–H groups in total. The predicted octanol–water partition coefficient (Wildman–Crippen LogP) is 4.17. The van der Waals surface area contributed by atoms with Crippen LogP contribution in [0.25, 0.3) is 21.3 Å². The monoisotopic (exact) mass is 487 g/mol. The first kappa shape index (κ1) is 23.4. The second kappa shape index (κ2) is 10.5. The Balaban J connectivity index is 0.00000259. The highest BCUT2D eigenvalue weighted by molar-refractivity contribution is 7.22. The summed E-state index contributed by atoms with van der Waals surface area (Å²) in [7, 11) is 0. The van der Waals surface area contributed by atoms with Crippen LogP contribution >= 0.6 is 23.7 Å². The number of amides is 1. The van der Waals surface area contributed by atoms with Crippen molar-refractivity contribution in [1.82, 2.24) is 19.9 Å². The van der Waals surface area contributed by atoms with Crippen LogP contribution in [0.4, 0.5) is 9.52 Å². The minimum atomic E-state index is -0.383. The minimum Gasteiger partial charge on any atom is -0.379 e. The lowest BCUT2D eigenvalue weighted by Gasteiger charge is -2.27. The lowest BCUT2D eigenvalue weighted by Crippen LogP contribution is -2.39. The highest BCUT2D eigenvalue weighted by atomic mass is 35.5. The third kappa shape index (κ3) is 5.11. The fourth-order valence-electron chi connectivity index (χ4n) is 3.83. The van der Waals surface area contributed by atoms with Gasteiger partial charge in [0.2, 0.25) is 0 Å². The van der Waals surface area contributed by atoms with Crippen LogP contribution < -0.4 is 4.90 Å². The maximum absolute atomic E-state index is 14.3. The number of hydrogen-bond acceptors (Lipinski definition) is 7. The molecule has 1 aliphatic heterocycles. The molecule has 0 saturated carbocycles. The molecule has 0 spiro atoms. The quantitative estimate of drug-likeness (QED) is 0.406. The fourth-order valence-corrected chi connectivity index (χ4v) is 4.84. The number of carbonyl (C=O) groups is 1. The number of nitrogens with zero attached hydrogens (tertiary/aromatic N) is 5. The van der Waals surface area contributed by atoms with E-state index >= 15 is 0 Å². The second-order valence-corrected chi connectivity index (χ2v) is 8.62. The van der Waals surface area contributed by atoms with Gasteiger partial charge in [0.1, 0.15) is 11.3 Å². The molecule has 0 radical (unpaired) electrons. The van der Waals surface area contributed by atoms with Crippen molar-refractivity contribution in [3.63, 3.8) is 0 Å². The Labute approximate surface area is 200 Å². The zero-order valence-electron chi connectivity index (χ0n) is 17.8. The Hall–Kier alpha value is -2.72. The van der Waals surface area contributed by atoms with E-state index < -0.39 is 0 Å².